The number of rotatable bonds is 3. The first kappa shape index (κ1) is 14.3. The summed E-state index contributed by atoms with van der Waals surface area (Å²) < 4.78 is 5.07. The normalized spacial score (nSPS) is 14.7. The van der Waals surface area contributed by atoms with E-state index in [2.05, 4.69) is 4.98 Å². The summed E-state index contributed by atoms with van der Waals surface area (Å²) in [6, 6.07) is 0. The molecule has 1 aliphatic rings. The minimum absolute atomic E-state index is 0.00708. The highest BCUT2D eigenvalue weighted by Crippen LogP contribution is 2.24. The lowest BCUT2D eigenvalue weighted by molar-refractivity contribution is -0.116. The molecule has 2 N–H and O–H groups in total. The maximum absolute atomic E-state index is 11.7. The third-order valence-corrected chi connectivity index (χ3v) is 3.23. The summed E-state index contributed by atoms with van der Waals surface area (Å²) in [7, 11) is 0. The number of aliphatic hydroxyl groups is 1. The van der Waals surface area contributed by atoms with Crippen molar-refractivity contribution in [1.29, 1.82) is 0 Å². The Bertz CT molecular complexity index is 544. The highest BCUT2D eigenvalue weighted by molar-refractivity contribution is 5.87. The third-order valence-electron chi connectivity index (χ3n) is 3.23. The number of amides is 1. The minimum atomic E-state index is -0.584. The number of ether oxygens (including phenoxy) is 1. The molecule has 0 aromatic carbocycles. The Labute approximate surface area is 115 Å². The van der Waals surface area contributed by atoms with Crippen molar-refractivity contribution in [1.82, 2.24) is 9.88 Å². The van der Waals surface area contributed by atoms with Crippen molar-refractivity contribution in [2.45, 2.75) is 26.6 Å². The lowest BCUT2D eigenvalue weighted by Gasteiger charge is -2.16. The predicted molar refractivity (Wildman–Crippen MR) is 67.9 cm³/mol. The van der Waals surface area contributed by atoms with Gasteiger partial charge in [0.15, 0.2) is 5.78 Å². The van der Waals surface area contributed by atoms with Crippen LogP contribution in [0.5, 0.6) is 5.75 Å². The number of ketones is 1. The quantitative estimate of drug-likeness (QED) is 0.836. The maximum atomic E-state index is 11.7. The minimum Gasteiger partial charge on any atom is -0.506 e. The molecule has 1 amide bonds. The van der Waals surface area contributed by atoms with E-state index in [-0.39, 0.29) is 31.3 Å². The summed E-state index contributed by atoms with van der Waals surface area (Å²) in [6.07, 6.45) is 1.21. The highest BCUT2D eigenvalue weighted by atomic mass is 16.6. The van der Waals surface area contributed by atoms with Crippen LogP contribution in [0.25, 0.3) is 0 Å². The number of hydrogen-bond donors (Lipinski definition) is 2. The average molecular weight is 280 g/mol. The smallest absolute Gasteiger partial charge is 0.410 e. The number of carbonyl (C=O) groups excluding carboxylic acids is 2. The van der Waals surface area contributed by atoms with Crippen molar-refractivity contribution in [2.24, 2.45) is 0 Å². The van der Waals surface area contributed by atoms with Crippen LogP contribution >= 0.6 is 0 Å². The fourth-order valence-corrected chi connectivity index (χ4v) is 2.00. The van der Waals surface area contributed by atoms with Crippen LogP contribution in [0.15, 0.2) is 6.20 Å². The van der Waals surface area contributed by atoms with E-state index in [4.69, 9.17) is 4.74 Å². The molecular formula is C13H16N2O5. The largest absolute Gasteiger partial charge is 0.506 e. The van der Waals surface area contributed by atoms with Gasteiger partial charge in [0.25, 0.3) is 0 Å². The lowest BCUT2D eigenvalue weighted by atomic mass is 10.1. The molecule has 2 heterocycles. The molecule has 1 aliphatic heterocycles. The van der Waals surface area contributed by atoms with E-state index in [1.807, 2.05) is 0 Å². The van der Waals surface area contributed by atoms with Crippen molar-refractivity contribution >= 4 is 11.9 Å². The summed E-state index contributed by atoms with van der Waals surface area (Å²) in [5.74, 6) is -0.0926. The van der Waals surface area contributed by atoms with E-state index in [1.54, 1.807) is 6.92 Å². The van der Waals surface area contributed by atoms with E-state index >= 15 is 0 Å². The zero-order chi connectivity index (χ0) is 14.7. The van der Waals surface area contributed by atoms with E-state index in [1.165, 1.54) is 11.1 Å². The van der Waals surface area contributed by atoms with Gasteiger partial charge in [0, 0.05) is 30.3 Å². The molecule has 1 fully saturated rings. The van der Waals surface area contributed by atoms with Gasteiger partial charge in [-0.1, -0.05) is 0 Å². The summed E-state index contributed by atoms with van der Waals surface area (Å²) in [6.45, 7) is 1.57. The van der Waals surface area contributed by atoms with Crippen molar-refractivity contribution < 1.29 is 24.5 Å². The second kappa shape index (κ2) is 5.87. The molecule has 0 saturated carbocycles. The zero-order valence-electron chi connectivity index (χ0n) is 11.1. The van der Waals surface area contributed by atoms with Gasteiger partial charge in [0.1, 0.15) is 12.4 Å². The zero-order valence-corrected chi connectivity index (χ0v) is 11.1. The summed E-state index contributed by atoms with van der Waals surface area (Å²) in [4.78, 5) is 28.1. The Morgan fingerprint density at radius 1 is 1.55 bits per heavy atom. The van der Waals surface area contributed by atoms with Crippen LogP contribution in [0, 0.1) is 6.92 Å². The van der Waals surface area contributed by atoms with Gasteiger partial charge in [0.2, 0.25) is 0 Å². The highest BCUT2D eigenvalue weighted by Gasteiger charge is 2.25. The fraction of sp³-hybridized carbons (Fsp3) is 0.462. The van der Waals surface area contributed by atoms with Crippen LogP contribution in [-0.4, -0.2) is 45.1 Å². The number of likely N-dealkylation sites (tertiary alicyclic amines) is 1. The maximum Gasteiger partial charge on any atom is 0.410 e. The number of nitrogens with zero attached hydrogens (tertiary/aromatic N) is 2. The van der Waals surface area contributed by atoms with Gasteiger partial charge in [-0.3, -0.25) is 9.78 Å². The number of aromatic nitrogens is 1. The lowest BCUT2D eigenvalue weighted by Crippen LogP contribution is -2.29. The average Bonchev–Trinajstić information content (AvgIpc) is 2.86. The predicted octanol–water partition coefficient (Wildman–Crippen LogP) is 0.499. The van der Waals surface area contributed by atoms with E-state index < -0.39 is 6.09 Å². The first-order valence-electron chi connectivity index (χ1n) is 6.23. The Morgan fingerprint density at radius 2 is 2.30 bits per heavy atom. The van der Waals surface area contributed by atoms with Gasteiger partial charge in [-0.05, 0) is 6.92 Å². The number of pyridine rings is 1. The molecule has 0 unspecified atom stereocenters. The molecular weight excluding hydrogens is 264 g/mol. The molecule has 0 radical (unpaired) electrons. The number of aromatic hydroxyl groups is 1. The van der Waals surface area contributed by atoms with Crippen molar-refractivity contribution in [3.05, 3.63) is 23.0 Å². The van der Waals surface area contributed by atoms with Crippen molar-refractivity contribution in [2.75, 3.05) is 13.1 Å². The van der Waals surface area contributed by atoms with Gasteiger partial charge in [-0.2, -0.15) is 0 Å². The number of hydrogen-bond acceptors (Lipinski definition) is 6. The van der Waals surface area contributed by atoms with Crippen molar-refractivity contribution in [3.63, 3.8) is 0 Å². The molecule has 0 spiro atoms. The molecule has 7 heteroatoms. The number of aliphatic hydroxyl groups excluding tert-OH is 1. The van der Waals surface area contributed by atoms with Crippen LogP contribution < -0.4 is 0 Å². The molecule has 0 atom stereocenters. The topological polar surface area (TPSA) is 100.0 Å². The Balaban J connectivity index is 2.02. The van der Waals surface area contributed by atoms with Gasteiger partial charge < -0.3 is 19.8 Å². The molecule has 2 rings (SSSR count). The molecule has 108 valence electrons. The Morgan fingerprint density at radius 3 is 2.90 bits per heavy atom. The number of Topliss-reactive ketones (excluding diaryl/α,β-unsaturated/α-hetero) is 1. The van der Waals surface area contributed by atoms with E-state index in [0.29, 0.717) is 29.8 Å². The number of carbonyl (C=O) groups is 2. The van der Waals surface area contributed by atoms with Crippen LogP contribution in [0.2, 0.25) is 0 Å². The van der Waals surface area contributed by atoms with Crippen LogP contribution in [0.4, 0.5) is 4.79 Å². The van der Waals surface area contributed by atoms with Gasteiger partial charge in [-0.25, -0.2) is 4.79 Å². The van der Waals surface area contributed by atoms with E-state index in [0.717, 1.165) is 0 Å². The van der Waals surface area contributed by atoms with Crippen LogP contribution in [0.3, 0.4) is 0 Å². The Hall–Kier alpha value is -2.15. The van der Waals surface area contributed by atoms with Crippen LogP contribution in [0.1, 0.15) is 23.2 Å². The molecule has 1 saturated heterocycles. The van der Waals surface area contributed by atoms with Gasteiger partial charge in [-0.15, -0.1) is 0 Å². The molecule has 1 aromatic heterocycles. The summed E-state index contributed by atoms with van der Waals surface area (Å²) in [5, 5.41) is 19.0. The van der Waals surface area contributed by atoms with E-state index in [9.17, 15) is 19.8 Å². The second-order valence-corrected chi connectivity index (χ2v) is 4.62. The van der Waals surface area contributed by atoms with Crippen LogP contribution in [-0.2, 0) is 22.7 Å². The first-order valence-corrected chi connectivity index (χ1v) is 6.23. The summed E-state index contributed by atoms with van der Waals surface area (Å²) >= 11 is 0. The first-order chi connectivity index (χ1) is 9.52. The molecule has 7 nitrogen and oxygen atoms in total. The summed E-state index contributed by atoms with van der Waals surface area (Å²) in [5.41, 5.74) is 1.13. The molecule has 1 aromatic rings. The second-order valence-electron chi connectivity index (χ2n) is 4.62. The molecule has 20 heavy (non-hydrogen) atoms. The monoisotopic (exact) mass is 280 g/mol. The van der Waals surface area contributed by atoms with Gasteiger partial charge >= 0.3 is 6.09 Å². The number of aryl methyl sites for hydroxylation is 1. The fourth-order valence-electron chi connectivity index (χ4n) is 2.00. The van der Waals surface area contributed by atoms with Crippen molar-refractivity contribution in [3.8, 4) is 5.75 Å². The molecule has 0 bridgehead atoms. The Kier molecular flexibility index (Phi) is 4.19. The SMILES string of the molecule is Cc1ncc(COC(=O)N2CCC(=O)C2)c(CO)c1O. The van der Waals surface area contributed by atoms with Gasteiger partial charge in [0.05, 0.1) is 18.8 Å². The standard InChI is InChI=1S/C13H16N2O5/c1-8-12(18)11(6-16)9(4-14-8)7-20-13(19)15-3-2-10(17)5-15/h4,16,18H,2-3,5-7H2,1H3. The molecule has 0 aliphatic carbocycles. The third kappa shape index (κ3) is 2.88.